The Kier molecular flexibility index (Phi) is 8.13. The van der Waals surface area contributed by atoms with Gasteiger partial charge in [0.1, 0.15) is 0 Å². The lowest BCUT2D eigenvalue weighted by atomic mass is 10.1. The monoisotopic (exact) mass is 246 g/mol. The van der Waals surface area contributed by atoms with E-state index in [-0.39, 0.29) is 6.04 Å². The molecule has 0 aliphatic carbocycles. The Morgan fingerprint density at radius 2 is 1.88 bits per heavy atom. The lowest BCUT2D eigenvalue weighted by molar-refractivity contribution is -0.140. The largest absolute Gasteiger partial charge is 0.480 e. The summed E-state index contributed by atoms with van der Waals surface area (Å²) in [6.07, 6.45) is 4.12. The number of aliphatic carboxylic acids is 1. The minimum absolute atomic E-state index is 0.00492. The lowest BCUT2D eigenvalue weighted by Gasteiger charge is -2.17. The normalized spacial score (nSPS) is 13.8. The van der Waals surface area contributed by atoms with E-state index in [0.29, 0.717) is 0 Å². The van der Waals surface area contributed by atoms with Crippen LogP contribution in [-0.4, -0.2) is 40.9 Å². The van der Waals surface area contributed by atoms with Gasteiger partial charge in [-0.2, -0.15) is 0 Å². The molecule has 0 radical (unpaired) electrons. The number of aliphatic hydroxyl groups is 1. The van der Waals surface area contributed by atoms with Crippen LogP contribution < -0.4 is 10.6 Å². The molecule has 100 valence electrons. The Balaban J connectivity index is 3.87. The molecule has 0 bridgehead atoms. The number of amides is 2. The molecule has 0 heterocycles. The third kappa shape index (κ3) is 7.57. The van der Waals surface area contributed by atoms with Crippen LogP contribution in [0.25, 0.3) is 0 Å². The molecular formula is C11H22N2O4. The molecule has 1 unspecified atom stereocenters. The molecule has 0 aromatic heterocycles. The minimum atomic E-state index is -1.25. The standard InChI is InChI=1S/C11H22N2O4/c1-3-4-5-6-8(2)12-11(17)13-9(7-14)10(15)16/h8-9,14H,3-7H2,1-2H3,(H,15,16)(H2,12,13,17)/t8?,9-/m1/s1. The number of carbonyl (C=O) groups is 2. The average Bonchev–Trinajstić information content (AvgIpc) is 2.25. The summed E-state index contributed by atoms with van der Waals surface area (Å²) in [5, 5.41) is 22.2. The van der Waals surface area contributed by atoms with E-state index in [1.807, 2.05) is 6.92 Å². The predicted octanol–water partition coefficient (Wildman–Crippen LogP) is 0.700. The number of carboxylic acids is 1. The first-order chi connectivity index (χ1) is 8.01. The van der Waals surface area contributed by atoms with Crippen molar-refractivity contribution in [3.05, 3.63) is 0 Å². The van der Waals surface area contributed by atoms with Crippen LogP contribution in [-0.2, 0) is 4.79 Å². The summed E-state index contributed by atoms with van der Waals surface area (Å²) in [7, 11) is 0. The van der Waals surface area contributed by atoms with Crippen molar-refractivity contribution in [1.29, 1.82) is 0 Å². The Bertz CT molecular complexity index is 246. The van der Waals surface area contributed by atoms with Gasteiger partial charge < -0.3 is 20.8 Å². The Labute approximate surface area is 101 Å². The fourth-order valence-corrected chi connectivity index (χ4v) is 1.38. The highest BCUT2D eigenvalue weighted by molar-refractivity contribution is 5.82. The highest BCUT2D eigenvalue weighted by atomic mass is 16.4. The lowest BCUT2D eigenvalue weighted by Crippen LogP contribution is -2.49. The summed E-state index contributed by atoms with van der Waals surface area (Å²) >= 11 is 0. The molecule has 6 heteroatoms. The van der Waals surface area contributed by atoms with Gasteiger partial charge in [0.25, 0.3) is 0 Å². The highest BCUT2D eigenvalue weighted by Crippen LogP contribution is 2.02. The van der Waals surface area contributed by atoms with Gasteiger partial charge >= 0.3 is 12.0 Å². The average molecular weight is 246 g/mol. The SMILES string of the molecule is CCCCCC(C)NC(=O)N[C@H](CO)C(=O)O. The van der Waals surface area contributed by atoms with Gasteiger partial charge in [0, 0.05) is 6.04 Å². The van der Waals surface area contributed by atoms with E-state index in [0.717, 1.165) is 25.7 Å². The van der Waals surface area contributed by atoms with E-state index in [9.17, 15) is 9.59 Å². The number of urea groups is 1. The minimum Gasteiger partial charge on any atom is -0.480 e. The van der Waals surface area contributed by atoms with E-state index < -0.39 is 24.6 Å². The molecule has 2 amide bonds. The summed E-state index contributed by atoms with van der Waals surface area (Å²) in [6.45, 7) is 3.35. The maximum absolute atomic E-state index is 11.4. The number of hydrogen-bond donors (Lipinski definition) is 4. The molecular weight excluding hydrogens is 224 g/mol. The molecule has 6 nitrogen and oxygen atoms in total. The van der Waals surface area contributed by atoms with E-state index in [4.69, 9.17) is 10.2 Å². The van der Waals surface area contributed by atoms with Crippen molar-refractivity contribution in [3.8, 4) is 0 Å². The van der Waals surface area contributed by atoms with Crippen LogP contribution in [0.2, 0.25) is 0 Å². The summed E-state index contributed by atoms with van der Waals surface area (Å²) in [5.41, 5.74) is 0. The molecule has 0 saturated carbocycles. The molecule has 0 aliphatic rings. The van der Waals surface area contributed by atoms with Gasteiger partial charge in [-0.05, 0) is 13.3 Å². The van der Waals surface area contributed by atoms with E-state index in [2.05, 4.69) is 17.6 Å². The number of aliphatic hydroxyl groups excluding tert-OH is 1. The maximum Gasteiger partial charge on any atom is 0.328 e. The first kappa shape index (κ1) is 15.7. The summed E-state index contributed by atoms with van der Waals surface area (Å²) in [5.74, 6) is -1.25. The molecule has 17 heavy (non-hydrogen) atoms. The zero-order valence-corrected chi connectivity index (χ0v) is 10.4. The highest BCUT2D eigenvalue weighted by Gasteiger charge is 2.19. The van der Waals surface area contributed by atoms with Crippen LogP contribution in [0, 0.1) is 0 Å². The molecule has 4 N–H and O–H groups in total. The van der Waals surface area contributed by atoms with Gasteiger partial charge in [0.15, 0.2) is 6.04 Å². The van der Waals surface area contributed by atoms with Crippen LogP contribution in [0.3, 0.4) is 0 Å². The number of nitrogens with one attached hydrogen (secondary N) is 2. The summed E-state index contributed by atoms with van der Waals surface area (Å²) in [6, 6.07) is -1.82. The second-order valence-corrected chi connectivity index (χ2v) is 4.09. The second-order valence-electron chi connectivity index (χ2n) is 4.09. The van der Waals surface area contributed by atoms with Crippen LogP contribution in [0.4, 0.5) is 4.79 Å². The number of rotatable bonds is 8. The van der Waals surface area contributed by atoms with Crippen molar-refractivity contribution in [2.75, 3.05) is 6.61 Å². The fraction of sp³-hybridized carbons (Fsp3) is 0.818. The predicted molar refractivity (Wildman–Crippen MR) is 63.8 cm³/mol. The van der Waals surface area contributed by atoms with Crippen LogP contribution in [0.1, 0.15) is 39.5 Å². The van der Waals surface area contributed by atoms with Crippen molar-refractivity contribution in [1.82, 2.24) is 10.6 Å². The molecule has 0 aliphatic heterocycles. The third-order valence-electron chi connectivity index (χ3n) is 2.40. The second kappa shape index (κ2) is 8.81. The smallest absolute Gasteiger partial charge is 0.328 e. The van der Waals surface area contributed by atoms with Crippen molar-refractivity contribution in [2.24, 2.45) is 0 Å². The van der Waals surface area contributed by atoms with Gasteiger partial charge in [-0.25, -0.2) is 9.59 Å². The van der Waals surface area contributed by atoms with Gasteiger partial charge in [-0.1, -0.05) is 26.2 Å². The van der Waals surface area contributed by atoms with Gasteiger partial charge in [-0.3, -0.25) is 0 Å². The van der Waals surface area contributed by atoms with E-state index in [1.54, 1.807) is 0 Å². The quantitative estimate of drug-likeness (QED) is 0.474. The topological polar surface area (TPSA) is 98.7 Å². The van der Waals surface area contributed by atoms with Crippen molar-refractivity contribution >= 4 is 12.0 Å². The van der Waals surface area contributed by atoms with Crippen molar-refractivity contribution in [2.45, 2.75) is 51.6 Å². The van der Waals surface area contributed by atoms with Crippen LogP contribution in [0.15, 0.2) is 0 Å². The fourth-order valence-electron chi connectivity index (χ4n) is 1.38. The van der Waals surface area contributed by atoms with Gasteiger partial charge in [0.2, 0.25) is 0 Å². The third-order valence-corrected chi connectivity index (χ3v) is 2.40. The van der Waals surface area contributed by atoms with Gasteiger partial charge in [-0.15, -0.1) is 0 Å². The molecule has 0 fully saturated rings. The number of unbranched alkanes of at least 4 members (excludes halogenated alkanes) is 2. The van der Waals surface area contributed by atoms with E-state index >= 15 is 0 Å². The molecule has 0 aromatic carbocycles. The molecule has 0 saturated heterocycles. The van der Waals surface area contributed by atoms with Crippen LogP contribution >= 0.6 is 0 Å². The first-order valence-corrected chi connectivity index (χ1v) is 5.92. The van der Waals surface area contributed by atoms with Crippen molar-refractivity contribution < 1.29 is 19.8 Å². The summed E-state index contributed by atoms with van der Waals surface area (Å²) < 4.78 is 0. The molecule has 2 atom stereocenters. The van der Waals surface area contributed by atoms with Crippen molar-refractivity contribution in [3.63, 3.8) is 0 Å². The zero-order chi connectivity index (χ0) is 13.3. The number of carbonyl (C=O) groups excluding carboxylic acids is 1. The number of carboxylic acid groups (broad SMARTS) is 1. The van der Waals surface area contributed by atoms with Crippen LogP contribution in [0.5, 0.6) is 0 Å². The molecule has 0 spiro atoms. The summed E-state index contributed by atoms with van der Waals surface area (Å²) in [4.78, 5) is 21.9. The van der Waals surface area contributed by atoms with Gasteiger partial charge in [0.05, 0.1) is 6.61 Å². The molecule has 0 rings (SSSR count). The zero-order valence-electron chi connectivity index (χ0n) is 10.4. The number of hydrogen-bond acceptors (Lipinski definition) is 3. The Morgan fingerprint density at radius 3 is 2.35 bits per heavy atom. The maximum atomic E-state index is 11.4. The Morgan fingerprint density at radius 1 is 1.24 bits per heavy atom. The van der Waals surface area contributed by atoms with E-state index in [1.165, 1.54) is 0 Å². The first-order valence-electron chi connectivity index (χ1n) is 5.92. The molecule has 0 aromatic rings. The Hall–Kier alpha value is -1.30.